The van der Waals surface area contributed by atoms with Gasteiger partial charge in [-0.2, -0.15) is 13.2 Å². The number of ketones is 1. The average Bonchev–Trinajstić information content (AvgIpc) is 3.28. The second kappa shape index (κ2) is 12.0. The van der Waals surface area contributed by atoms with E-state index in [1.54, 1.807) is 0 Å². The smallest absolute Gasteiger partial charge is 0.368 e. The van der Waals surface area contributed by atoms with E-state index in [-0.39, 0.29) is 35.0 Å². The van der Waals surface area contributed by atoms with Crippen LogP contribution in [0.15, 0.2) is 29.3 Å². The van der Waals surface area contributed by atoms with E-state index in [1.165, 1.54) is 12.5 Å². The quantitative estimate of drug-likeness (QED) is 0.317. The first-order chi connectivity index (χ1) is 17.0. The Labute approximate surface area is 221 Å². The summed E-state index contributed by atoms with van der Waals surface area (Å²) in [5.74, 6) is -0.718. The van der Waals surface area contributed by atoms with Crippen molar-refractivity contribution in [2.75, 3.05) is 37.8 Å². The molecule has 3 aromatic rings. The highest BCUT2D eigenvalue weighted by Gasteiger charge is 2.34. The number of nitrogens with zero attached hydrogens (tertiary/aromatic N) is 5. The molecular formula is C21H20BrClF3N7O2S. The predicted octanol–water partition coefficient (Wildman–Crippen LogP) is 4.80. The van der Waals surface area contributed by atoms with Crippen LogP contribution in [0, 0.1) is 0 Å². The molecule has 2 N–H and O–H groups in total. The van der Waals surface area contributed by atoms with Crippen molar-refractivity contribution in [1.29, 1.82) is 0 Å². The first-order valence-electron chi connectivity index (χ1n) is 10.4. The monoisotopic (exact) mass is 605 g/mol. The molecule has 0 spiro atoms. The third kappa shape index (κ3) is 7.41. The molecule has 0 bridgehead atoms. The Morgan fingerprint density at radius 1 is 1.17 bits per heavy atom. The fraction of sp³-hybridized carbons (Fsp3) is 0.333. The lowest BCUT2D eigenvalue weighted by atomic mass is 10.1. The minimum absolute atomic E-state index is 0.0784. The van der Waals surface area contributed by atoms with E-state index in [0.717, 1.165) is 24.1 Å². The molecule has 0 radical (unpaired) electrons. The van der Waals surface area contributed by atoms with Crippen LogP contribution in [0.2, 0.25) is 5.02 Å². The van der Waals surface area contributed by atoms with Gasteiger partial charge in [0.05, 0.1) is 26.3 Å². The summed E-state index contributed by atoms with van der Waals surface area (Å²) in [7, 11) is 3.88. The Balaban J connectivity index is 1.60. The van der Waals surface area contributed by atoms with E-state index in [1.807, 2.05) is 19.0 Å². The Morgan fingerprint density at radius 2 is 1.92 bits per heavy atom. The maximum Gasteiger partial charge on any atom is 0.418 e. The van der Waals surface area contributed by atoms with Gasteiger partial charge >= 0.3 is 6.18 Å². The lowest BCUT2D eigenvalue weighted by Crippen LogP contribution is -2.21. The largest absolute Gasteiger partial charge is 0.418 e. The Morgan fingerprint density at radius 3 is 2.61 bits per heavy atom. The topological polar surface area (TPSA) is 113 Å². The molecule has 0 aliphatic heterocycles. The van der Waals surface area contributed by atoms with Gasteiger partial charge in [0.15, 0.2) is 5.78 Å². The van der Waals surface area contributed by atoms with Crippen LogP contribution in [0.5, 0.6) is 0 Å². The SMILES string of the molecule is CN(C)CCNc1ncnc(C(=O)CCc2ncc(C(=O)Nc3cc(C(F)(F)F)c(Cl)cn3)s2)c1Br. The maximum atomic E-state index is 13.0. The first-order valence-corrected chi connectivity index (χ1v) is 12.4. The van der Waals surface area contributed by atoms with Gasteiger partial charge in [0.1, 0.15) is 28.5 Å². The van der Waals surface area contributed by atoms with Crippen LogP contribution >= 0.6 is 38.9 Å². The highest BCUT2D eigenvalue weighted by Crippen LogP contribution is 2.35. The number of aryl methyl sites for hydroxylation is 1. The number of nitrogens with one attached hydrogen (secondary N) is 2. The predicted molar refractivity (Wildman–Crippen MR) is 134 cm³/mol. The number of hydrogen-bond donors (Lipinski definition) is 2. The van der Waals surface area contributed by atoms with Gasteiger partial charge in [0.25, 0.3) is 5.91 Å². The summed E-state index contributed by atoms with van der Waals surface area (Å²) in [5, 5.41) is 5.37. The summed E-state index contributed by atoms with van der Waals surface area (Å²) < 4.78 is 39.5. The zero-order chi connectivity index (χ0) is 26.5. The molecule has 15 heteroatoms. The molecule has 36 heavy (non-hydrogen) atoms. The number of hydrogen-bond acceptors (Lipinski definition) is 9. The van der Waals surface area contributed by atoms with Crippen molar-refractivity contribution in [1.82, 2.24) is 24.8 Å². The number of Topliss-reactive ketones (excluding diaryl/α,β-unsaturated/α-hetero) is 1. The number of rotatable bonds is 10. The molecule has 1 amide bonds. The highest BCUT2D eigenvalue weighted by molar-refractivity contribution is 9.10. The van der Waals surface area contributed by atoms with E-state index in [9.17, 15) is 22.8 Å². The number of likely N-dealkylation sites (N-methyl/N-ethyl adjacent to an activating group) is 1. The molecule has 0 saturated heterocycles. The van der Waals surface area contributed by atoms with Gasteiger partial charge in [-0.15, -0.1) is 11.3 Å². The van der Waals surface area contributed by atoms with Crippen molar-refractivity contribution in [3.05, 3.63) is 55.4 Å². The zero-order valence-electron chi connectivity index (χ0n) is 19.0. The third-order valence-electron chi connectivity index (χ3n) is 4.65. The van der Waals surface area contributed by atoms with Gasteiger partial charge < -0.3 is 15.5 Å². The van der Waals surface area contributed by atoms with Crippen molar-refractivity contribution >= 4 is 62.2 Å². The molecule has 0 saturated carbocycles. The Bertz CT molecular complexity index is 1260. The molecule has 0 fully saturated rings. The standard InChI is InChI=1S/C21H20BrClF3N7O2S/c1-33(2)6-5-27-19-17(22)18(30-10-31-19)13(34)3-4-16-29-9-14(36-16)20(35)32-15-7-11(21(24,25)26)12(23)8-28-15/h7-10H,3-6H2,1-2H3,(H,27,30,31)(H,28,32,35). The lowest BCUT2D eigenvalue weighted by Gasteiger charge is -2.12. The van der Waals surface area contributed by atoms with Crippen molar-refractivity contribution in [2.24, 2.45) is 0 Å². The number of thiazole rings is 1. The summed E-state index contributed by atoms with van der Waals surface area (Å²) in [6, 6.07) is 0.657. The first kappa shape index (κ1) is 27.9. The second-order valence-electron chi connectivity index (χ2n) is 7.66. The molecule has 0 atom stereocenters. The van der Waals surface area contributed by atoms with E-state index in [2.05, 4.69) is 46.5 Å². The van der Waals surface area contributed by atoms with Crippen molar-refractivity contribution in [2.45, 2.75) is 19.0 Å². The molecule has 0 aliphatic rings. The van der Waals surface area contributed by atoms with Crippen LogP contribution in [0.4, 0.5) is 24.8 Å². The van der Waals surface area contributed by atoms with Crippen molar-refractivity contribution in [3.63, 3.8) is 0 Å². The van der Waals surface area contributed by atoms with Crippen LogP contribution in [0.1, 0.15) is 37.2 Å². The minimum atomic E-state index is -4.69. The number of aromatic nitrogens is 4. The number of anilines is 2. The van der Waals surface area contributed by atoms with E-state index < -0.39 is 22.7 Å². The average molecular weight is 607 g/mol. The summed E-state index contributed by atoms with van der Waals surface area (Å²) in [6.07, 6.45) is -0.961. The maximum absolute atomic E-state index is 13.0. The van der Waals surface area contributed by atoms with Gasteiger partial charge in [0, 0.05) is 32.1 Å². The molecule has 0 unspecified atom stereocenters. The molecule has 9 nitrogen and oxygen atoms in total. The number of carbonyl (C=O) groups is 2. The molecule has 192 valence electrons. The number of halogens is 5. The molecule has 3 heterocycles. The van der Waals surface area contributed by atoms with E-state index in [4.69, 9.17) is 11.6 Å². The van der Waals surface area contributed by atoms with Gasteiger partial charge in [-0.1, -0.05) is 11.6 Å². The second-order valence-corrected chi connectivity index (χ2v) is 9.97. The van der Waals surface area contributed by atoms with Gasteiger partial charge in [0.2, 0.25) is 0 Å². The zero-order valence-corrected chi connectivity index (χ0v) is 22.1. The summed E-state index contributed by atoms with van der Waals surface area (Å²) in [6.45, 7) is 1.40. The minimum Gasteiger partial charge on any atom is -0.368 e. The van der Waals surface area contributed by atoms with Gasteiger partial charge in [-0.25, -0.2) is 19.9 Å². The van der Waals surface area contributed by atoms with Crippen LogP contribution < -0.4 is 10.6 Å². The number of amides is 1. The van der Waals surface area contributed by atoms with Crippen LogP contribution in [0.3, 0.4) is 0 Å². The molecule has 3 rings (SSSR count). The Kier molecular flexibility index (Phi) is 9.33. The summed E-state index contributed by atoms with van der Waals surface area (Å²) in [4.78, 5) is 43.4. The van der Waals surface area contributed by atoms with Crippen molar-refractivity contribution < 1.29 is 22.8 Å². The van der Waals surface area contributed by atoms with E-state index in [0.29, 0.717) is 27.9 Å². The third-order valence-corrected chi connectivity index (χ3v) is 6.76. The van der Waals surface area contributed by atoms with Crippen LogP contribution in [-0.2, 0) is 12.6 Å². The van der Waals surface area contributed by atoms with Crippen molar-refractivity contribution in [3.8, 4) is 0 Å². The highest BCUT2D eigenvalue weighted by atomic mass is 79.9. The summed E-state index contributed by atoms with van der Waals surface area (Å²) in [5.41, 5.74) is -0.883. The Hall–Kier alpha value is -2.68. The number of carbonyl (C=O) groups excluding carboxylic acids is 2. The lowest BCUT2D eigenvalue weighted by molar-refractivity contribution is -0.137. The molecule has 3 aromatic heterocycles. The number of alkyl halides is 3. The van der Waals surface area contributed by atoms with Gasteiger partial charge in [-0.05, 0) is 36.1 Å². The molecule has 0 aliphatic carbocycles. The van der Waals surface area contributed by atoms with E-state index >= 15 is 0 Å². The normalized spacial score (nSPS) is 11.6. The van der Waals surface area contributed by atoms with Gasteiger partial charge in [-0.3, -0.25) is 9.59 Å². The fourth-order valence-electron chi connectivity index (χ4n) is 2.86. The fourth-order valence-corrected chi connectivity index (χ4v) is 4.45. The summed E-state index contributed by atoms with van der Waals surface area (Å²) >= 11 is 9.95. The van der Waals surface area contributed by atoms with Crippen LogP contribution in [0.25, 0.3) is 0 Å². The molecule has 0 aromatic carbocycles. The number of pyridine rings is 1. The molecular weight excluding hydrogens is 587 g/mol. The van der Waals surface area contributed by atoms with Crippen LogP contribution in [-0.4, -0.2) is 63.7 Å².